The number of nitro groups is 1. The number of Topliss-reactive ketones (excluding diaryl/α,β-unsaturated/α-hetero) is 2. The molecule has 16 atom stereocenters. The minimum absolute atomic E-state index is 0.00722. The highest BCUT2D eigenvalue weighted by Gasteiger charge is 2.53. The van der Waals surface area contributed by atoms with Gasteiger partial charge in [-0.1, -0.05) is 71.1 Å². The van der Waals surface area contributed by atoms with Gasteiger partial charge in [-0.15, -0.1) is 0 Å². The van der Waals surface area contributed by atoms with Gasteiger partial charge in [0.1, 0.15) is 36.2 Å². The smallest absolute Gasteiger partial charge is 0.460 e. The summed E-state index contributed by atoms with van der Waals surface area (Å²) in [4.78, 5) is 82.1. The van der Waals surface area contributed by atoms with Gasteiger partial charge in [-0.05, 0) is 119 Å². The van der Waals surface area contributed by atoms with Crippen LogP contribution in [0.2, 0.25) is 0 Å². The summed E-state index contributed by atoms with van der Waals surface area (Å²) in [6.45, 7) is 13.1. The van der Waals surface area contributed by atoms with Gasteiger partial charge < -0.3 is 53.0 Å². The molecule has 1 amide bonds. The Labute approximate surface area is 460 Å². The van der Waals surface area contributed by atoms with Crippen LogP contribution < -0.4 is 4.74 Å². The van der Waals surface area contributed by atoms with Crippen LogP contribution in [0.15, 0.2) is 71.9 Å². The third-order valence-corrected chi connectivity index (χ3v) is 16.4. The van der Waals surface area contributed by atoms with E-state index in [0.29, 0.717) is 69.8 Å². The van der Waals surface area contributed by atoms with E-state index in [1.54, 1.807) is 28.1 Å². The quantitative estimate of drug-likeness (QED) is 0.0555. The molecular weight excluding hydrogens is 1010 g/mol. The van der Waals surface area contributed by atoms with E-state index in [-0.39, 0.29) is 54.4 Å². The number of hydrogen-bond acceptors (Lipinski definition) is 17. The zero-order chi connectivity index (χ0) is 57.4. The van der Waals surface area contributed by atoms with Crippen molar-refractivity contribution < 1.29 is 77.0 Å². The Morgan fingerprint density at radius 1 is 0.833 bits per heavy atom. The van der Waals surface area contributed by atoms with Crippen molar-refractivity contribution in [3.63, 3.8) is 0 Å². The molecule has 434 valence electrons. The maximum Gasteiger partial charge on any atom is 0.514 e. The number of esters is 1. The topological polar surface area (TPSA) is 246 Å². The van der Waals surface area contributed by atoms with E-state index < -0.39 is 107 Å². The number of nitrogens with zero attached hydrogens (tertiary/aromatic N) is 2. The summed E-state index contributed by atoms with van der Waals surface area (Å²) in [5.41, 5.74) is 1.20. The number of piperidine rings is 1. The molecule has 1 saturated carbocycles. The number of cyclic esters (lactones) is 1. The SMILES string of the molecule is CO[C@H]1C[C@@H]2CC[C@@H](C)[C@@](O)(O2)C(=O)C(=O)N2CCCC[C@H]2C(=O)O[C@H]([C@H](C)C[C@@H]2CC[C@@H](OC(=O)Oc3ccc([N+](=O)[O-])cc3)[C@H](OC)C2)C[C@@H](OC)[C@H](C)/C=C(\C)[C@@H](O)[C@@H](OC)C(=O)[C@H](C)C[C@H](C)/C=C/C=CC=C1C. The van der Waals surface area contributed by atoms with Gasteiger partial charge in [-0.25, -0.2) is 9.59 Å². The predicted molar refractivity (Wildman–Crippen MR) is 289 cm³/mol. The van der Waals surface area contributed by atoms with E-state index in [0.717, 1.165) is 5.57 Å². The Hall–Kier alpha value is -5.15. The van der Waals surface area contributed by atoms with Gasteiger partial charge in [-0.3, -0.25) is 24.5 Å². The molecule has 1 aromatic carbocycles. The molecule has 2 saturated heterocycles. The first-order chi connectivity index (χ1) is 37.0. The van der Waals surface area contributed by atoms with Gasteiger partial charge >= 0.3 is 12.1 Å². The standard InChI is InChI=1S/C59H86N2O17/c1-35-17-13-12-14-18-36(2)48(71-8)33-45-24-20-41(7)59(68,78-45)55(64)56(65)60-28-16-15-19-46(60)57(66)76-50(34-49(72-9)37(3)30-40(6)53(63)54(74-11)52(62)39(5)29-35)38(4)31-42-21-27-47(51(32-42)73-10)77-58(67)75-44-25-22-43(23-26-44)61(69)70/h12-14,17-18,22-23,25-26,30,35,37-39,41-42,45-51,53-54,63,68H,15-16,19-21,24,27-29,31-34H2,1-11H3/b14-12?,17-13+,36-18?,40-30+/t35-,37-,38-,39-,41-,42+,45+,46+,47-,48+,49-,50+,51-,53-,54+,59-/m1/s1. The van der Waals surface area contributed by atoms with Gasteiger partial charge in [0.05, 0.1) is 29.3 Å². The second-order valence-electron chi connectivity index (χ2n) is 22.2. The zero-order valence-electron chi connectivity index (χ0n) is 47.5. The lowest BCUT2D eigenvalue weighted by atomic mass is 9.78. The molecule has 19 nitrogen and oxygen atoms in total. The van der Waals surface area contributed by atoms with Crippen LogP contribution in [0.3, 0.4) is 0 Å². The number of aliphatic hydroxyl groups excluding tert-OH is 1. The van der Waals surface area contributed by atoms with Gasteiger partial charge in [0, 0.05) is 77.7 Å². The lowest BCUT2D eigenvalue weighted by Crippen LogP contribution is -2.61. The van der Waals surface area contributed by atoms with Gasteiger partial charge in [0.2, 0.25) is 5.79 Å². The number of nitro benzene ring substituents is 1. The van der Waals surface area contributed by atoms with E-state index in [2.05, 4.69) is 0 Å². The van der Waals surface area contributed by atoms with Crippen molar-refractivity contribution in [2.75, 3.05) is 35.0 Å². The first-order valence-electron chi connectivity index (χ1n) is 27.7. The van der Waals surface area contributed by atoms with Crippen molar-refractivity contribution in [2.45, 2.75) is 186 Å². The lowest BCUT2D eigenvalue weighted by Gasteiger charge is -2.43. The second kappa shape index (κ2) is 29.9. The van der Waals surface area contributed by atoms with Crippen LogP contribution in [-0.2, 0) is 52.3 Å². The highest BCUT2D eigenvalue weighted by molar-refractivity contribution is 6.39. The van der Waals surface area contributed by atoms with Crippen LogP contribution in [0, 0.1) is 45.6 Å². The zero-order valence-corrected chi connectivity index (χ0v) is 47.5. The molecular formula is C59H86N2O17. The number of methoxy groups -OCH3 is 4. The molecule has 0 aromatic heterocycles. The van der Waals surface area contributed by atoms with Crippen LogP contribution in [0.5, 0.6) is 5.75 Å². The number of rotatable bonds is 10. The maximum atomic E-state index is 14.7. The number of ketones is 2. The Kier molecular flexibility index (Phi) is 24.4. The Balaban J connectivity index is 1.44. The highest BCUT2D eigenvalue weighted by Crippen LogP contribution is 2.39. The third kappa shape index (κ3) is 16.9. The van der Waals surface area contributed by atoms with Crippen LogP contribution in [-0.4, -0.2) is 145 Å². The molecule has 0 radical (unpaired) electrons. The van der Waals surface area contributed by atoms with E-state index in [9.17, 15) is 44.3 Å². The van der Waals surface area contributed by atoms with Crippen molar-refractivity contribution in [3.05, 3.63) is 82.0 Å². The Morgan fingerprint density at radius 3 is 2.19 bits per heavy atom. The van der Waals surface area contributed by atoms with Crippen molar-refractivity contribution in [2.24, 2.45) is 35.5 Å². The molecule has 3 heterocycles. The largest absolute Gasteiger partial charge is 0.514 e. The summed E-state index contributed by atoms with van der Waals surface area (Å²) in [6.07, 6.45) is 9.63. The van der Waals surface area contributed by atoms with E-state index in [4.69, 9.17) is 37.9 Å². The molecule has 78 heavy (non-hydrogen) atoms. The normalized spacial score (nSPS) is 35.3. The number of benzene rings is 1. The minimum Gasteiger partial charge on any atom is -0.460 e. The lowest BCUT2D eigenvalue weighted by molar-refractivity contribution is -0.384. The molecule has 3 fully saturated rings. The van der Waals surface area contributed by atoms with E-state index in [1.165, 1.54) is 43.4 Å². The average Bonchev–Trinajstić information content (AvgIpc) is 3.44. The van der Waals surface area contributed by atoms with Crippen LogP contribution in [0.25, 0.3) is 0 Å². The number of aliphatic hydroxyl groups is 2. The number of ether oxygens (including phenoxy) is 8. The molecule has 1 aliphatic carbocycles. The number of non-ortho nitro benzene ring substituents is 1. The number of hydrogen-bond donors (Lipinski definition) is 2. The number of allylic oxidation sites excluding steroid dienone is 5. The predicted octanol–water partition coefficient (Wildman–Crippen LogP) is 8.76. The molecule has 5 rings (SSSR count). The molecule has 1 aromatic rings. The van der Waals surface area contributed by atoms with Gasteiger partial charge in [0.25, 0.3) is 17.4 Å². The number of carbonyl (C=O) groups excluding carboxylic acids is 5. The molecule has 0 spiro atoms. The van der Waals surface area contributed by atoms with Crippen molar-refractivity contribution in [3.8, 4) is 5.75 Å². The summed E-state index contributed by atoms with van der Waals surface area (Å²) in [7, 11) is 6.05. The van der Waals surface area contributed by atoms with E-state index >= 15 is 0 Å². The summed E-state index contributed by atoms with van der Waals surface area (Å²) in [5.74, 6) is -7.35. The molecule has 0 unspecified atom stereocenters. The minimum atomic E-state index is -2.45. The average molecular weight is 1100 g/mol. The fourth-order valence-electron chi connectivity index (χ4n) is 11.6. The summed E-state index contributed by atoms with van der Waals surface area (Å²) in [5, 5.41) is 34.8. The van der Waals surface area contributed by atoms with Gasteiger partial charge in [0.15, 0.2) is 5.78 Å². The second-order valence-corrected chi connectivity index (χ2v) is 22.2. The monoisotopic (exact) mass is 1090 g/mol. The first kappa shape index (κ1) is 63.7. The number of carbonyl (C=O) groups is 5. The molecule has 2 N–H and O–H groups in total. The van der Waals surface area contributed by atoms with Crippen molar-refractivity contribution in [1.29, 1.82) is 0 Å². The maximum absolute atomic E-state index is 14.7. The molecule has 2 bridgehead atoms. The molecule has 3 aliphatic heterocycles. The van der Waals surface area contributed by atoms with Crippen LogP contribution in [0.1, 0.15) is 126 Å². The van der Waals surface area contributed by atoms with Crippen molar-refractivity contribution in [1.82, 2.24) is 4.90 Å². The fraction of sp³-hybridized carbons (Fsp3) is 0.678. The van der Waals surface area contributed by atoms with E-state index in [1.807, 2.05) is 71.1 Å². The number of amides is 1. The highest BCUT2D eigenvalue weighted by atomic mass is 16.7. The van der Waals surface area contributed by atoms with Gasteiger partial charge in [-0.2, -0.15) is 0 Å². The Morgan fingerprint density at radius 2 is 1.54 bits per heavy atom. The summed E-state index contributed by atoms with van der Waals surface area (Å²) < 4.78 is 47.2. The summed E-state index contributed by atoms with van der Waals surface area (Å²) in [6, 6.07) is 3.91. The molecule has 4 aliphatic rings. The number of fused-ring (bicyclic) bond motifs is 3. The van der Waals surface area contributed by atoms with Crippen LogP contribution in [0.4, 0.5) is 10.5 Å². The first-order valence-corrected chi connectivity index (χ1v) is 27.7. The third-order valence-electron chi connectivity index (χ3n) is 16.4. The van der Waals surface area contributed by atoms with Crippen LogP contribution >= 0.6 is 0 Å². The summed E-state index contributed by atoms with van der Waals surface area (Å²) >= 11 is 0. The fourth-order valence-corrected chi connectivity index (χ4v) is 11.6. The Bertz CT molecular complexity index is 2320. The molecule has 19 heteroatoms. The van der Waals surface area contributed by atoms with Crippen molar-refractivity contribution >= 4 is 35.3 Å².